The number of carbonyl (C=O) groups excluding carboxylic acids is 1. The van der Waals surface area contributed by atoms with Gasteiger partial charge in [0.05, 0.1) is 16.7 Å². The Balaban J connectivity index is 1.19. The topological polar surface area (TPSA) is 120 Å². The van der Waals surface area contributed by atoms with E-state index in [2.05, 4.69) is 25.6 Å². The smallest absolute Gasteiger partial charge is 0.410 e. The van der Waals surface area contributed by atoms with Crippen LogP contribution in [-0.4, -0.2) is 59.6 Å². The molecule has 1 N–H and O–H groups in total. The second kappa shape index (κ2) is 10.7. The molecule has 0 aliphatic carbocycles. The third-order valence-electron chi connectivity index (χ3n) is 6.92. The van der Waals surface area contributed by atoms with Gasteiger partial charge in [-0.3, -0.25) is 0 Å². The zero-order valence-corrected chi connectivity index (χ0v) is 24.3. The highest BCUT2D eigenvalue weighted by Crippen LogP contribution is 2.31. The van der Waals surface area contributed by atoms with Crippen LogP contribution >= 0.6 is 0 Å². The fourth-order valence-corrected chi connectivity index (χ4v) is 4.79. The molecule has 11 heteroatoms. The highest BCUT2D eigenvalue weighted by Gasteiger charge is 2.24. The number of amides is 1. The Labute approximate surface area is 243 Å². The molecule has 0 atom stereocenters. The summed E-state index contributed by atoms with van der Waals surface area (Å²) in [5.74, 6) is 2.03. The first-order valence-electron chi connectivity index (χ1n) is 13.8. The van der Waals surface area contributed by atoms with Crippen LogP contribution < -0.4 is 10.1 Å². The maximum absolute atomic E-state index is 12.5. The number of aryl methyl sites for hydroxylation is 2. The van der Waals surface area contributed by atoms with Gasteiger partial charge in [0.15, 0.2) is 5.82 Å². The van der Waals surface area contributed by atoms with Crippen LogP contribution in [0.3, 0.4) is 0 Å². The van der Waals surface area contributed by atoms with Crippen molar-refractivity contribution in [2.75, 3.05) is 18.4 Å². The molecular weight excluding hydrogens is 532 g/mol. The van der Waals surface area contributed by atoms with E-state index in [9.17, 15) is 4.79 Å². The number of pyridine rings is 1. The van der Waals surface area contributed by atoms with Gasteiger partial charge in [-0.1, -0.05) is 11.3 Å². The van der Waals surface area contributed by atoms with Crippen molar-refractivity contribution in [2.45, 2.75) is 39.7 Å². The van der Waals surface area contributed by atoms with Crippen molar-refractivity contribution in [3.8, 4) is 11.5 Å². The fraction of sp³-hybridized carbons (Fsp3) is 0.290. The highest BCUT2D eigenvalue weighted by molar-refractivity contribution is 5.88. The second-order valence-corrected chi connectivity index (χ2v) is 11.3. The average Bonchev–Trinajstić information content (AvgIpc) is 3.33. The summed E-state index contributed by atoms with van der Waals surface area (Å²) in [5.41, 5.74) is 6.30. The van der Waals surface area contributed by atoms with Gasteiger partial charge < -0.3 is 19.7 Å². The lowest BCUT2D eigenvalue weighted by Crippen LogP contribution is -2.39. The van der Waals surface area contributed by atoms with Gasteiger partial charge in [-0.05, 0) is 87.7 Å². The molecule has 0 saturated carbocycles. The van der Waals surface area contributed by atoms with E-state index in [1.165, 1.54) is 6.33 Å². The highest BCUT2D eigenvalue weighted by atomic mass is 16.6. The molecule has 214 valence electrons. The van der Waals surface area contributed by atoms with Crippen molar-refractivity contribution in [1.82, 2.24) is 34.8 Å². The first-order valence-corrected chi connectivity index (χ1v) is 13.8. The van der Waals surface area contributed by atoms with E-state index in [0.717, 1.165) is 44.8 Å². The van der Waals surface area contributed by atoms with E-state index in [1.54, 1.807) is 9.58 Å². The summed E-state index contributed by atoms with van der Waals surface area (Å²) >= 11 is 0. The molecule has 0 radical (unpaired) electrons. The Morgan fingerprint density at radius 1 is 1.02 bits per heavy atom. The third kappa shape index (κ3) is 5.71. The van der Waals surface area contributed by atoms with Crippen LogP contribution in [0.25, 0.3) is 27.6 Å². The minimum Gasteiger partial charge on any atom is -0.457 e. The number of hydrogen-bond donors (Lipinski definition) is 1. The Hall–Kier alpha value is -5.06. The molecule has 1 aliphatic rings. The molecule has 0 saturated heterocycles. The standard InChI is InChI=1S/C31H32N8O3/c1-19-16-21(6-11-27(19)41-22-7-10-26-25(17-22)36-37-38(26)5)34-29-28-24(32-18-33-29)9-8-23(35-28)20-12-14-39(15-13-20)30(40)42-31(2,3)4/h6-12,16-18H,13-15H2,1-5H3,(H,32,33,34). The van der Waals surface area contributed by atoms with Crippen molar-refractivity contribution in [3.05, 3.63) is 72.2 Å². The number of fused-ring (bicyclic) bond motifs is 2. The number of nitrogens with zero attached hydrogens (tertiary/aromatic N) is 7. The maximum atomic E-state index is 12.5. The maximum Gasteiger partial charge on any atom is 0.410 e. The number of carbonyl (C=O) groups is 1. The van der Waals surface area contributed by atoms with Gasteiger partial charge >= 0.3 is 6.09 Å². The second-order valence-electron chi connectivity index (χ2n) is 11.3. The lowest BCUT2D eigenvalue weighted by Gasteiger charge is -2.29. The number of nitrogens with one attached hydrogen (secondary N) is 1. The summed E-state index contributed by atoms with van der Waals surface area (Å²) in [4.78, 5) is 28.0. The van der Waals surface area contributed by atoms with Crippen LogP contribution in [0.2, 0.25) is 0 Å². The molecule has 0 spiro atoms. The molecule has 0 bridgehead atoms. The van der Waals surface area contributed by atoms with Crippen molar-refractivity contribution in [1.29, 1.82) is 0 Å². The molecule has 11 nitrogen and oxygen atoms in total. The van der Waals surface area contributed by atoms with Crippen molar-refractivity contribution < 1.29 is 14.3 Å². The summed E-state index contributed by atoms with van der Waals surface area (Å²) in [6.45, 7) is 8.64. The van der Waals surface area contributed by atoms with E-state index >= 15 is 0 Å². The Kier molecular flexibility index (Phi) is 6.93. The molecule has 0 fully saturated rings. The number of aromatic nitrogens is 6. The summed E-state index contributed by atoms with van der Waals surface area (Å²) in [6, 6.07) is 15.5. The SMILES string of the molecule is Cc1cc(Nc2ncnc3ccc(C4=CCN(C(=O)OC(C)(C)C)CC4)nc23)ccc1Oc1ccc2c(c1)nnn2C. The van der Waals surface area contributed by atoms with Gasteiger partial charge in [-0.15, -0.1) is 5.10 Å². The van der Waals surface area contributed by atoms with E-state index in [-0.39, 0.29) is 6.09 Å². The van der Waals surface area contributed by atoms with Gasteiger partial charge in [0.25, 0.3) is 0 Å². The average molecular weight is 565 g/mol. The molecule has 1 aliphatic heterocycles. The predicted octanol–water partition coefficient (Wildman–Crippen LogP) is 6.18. The number of anilines is 2. The normalized spacial score (nSPS) is 13.7. The Bertz CT molecular complexity index is 1840. The van der Waals surface area contributed by atoms with Gasteiger partial charge in [0, 0.05) is 31.9 Å². The largest absolute Gasteiger partial charge is 0.457 e. The van der Waals surface area contributed by atoms with Crippen molar-refractivity contribution in [2.24, 2.45) is 7.05 Å². The summed E-state index contributed by atoms with van der Waals surface area (Å²) in [6.07, 6.45) is 3.93. The van der Waals surface area contributed by atoms with Crippen LogP contribution in [0.4, 0.5) is 16.3 Å². The fourth-order valence-electron chi connectivity index (χ4n) is 4.79. The number of hydrogen-bond acceptors (Lipinski definition) is 9. The molecule has 6 rings (SSSR count). The molecule has 3 aromatic heterocycles. The van der Waals surface area contributed by atoms with Crippen LogP contribution in [0.1, 0.15) is 38.4 Å². The molecule has 42 heavy (non-hydrogen) atoms. The van der Waals surface area contributed by atoms with Gasteiger partial charge in [0.1, 0.15) is 34.5 Å². The Morgan fingerprint density at radius 3 is 2.64 bits per heavy atom. The third-order valence-corrected chi connectivity index (χ3v) is 6.92. The summed E-state index contributed by atoms with van der Waals surface area (Å²) < 4.78 is 13.4. The van der Waals surface area contributed by atoms with Gasteiger partial charge in [-0.2, -0.15) is 0 Å². The molecule has 4 heterocycles. The van der Waals surface area contributed by atoms with Crippen molar-refractivity contribution in [3.63, 3.8) is 0 Å². The molecule has 2 aromatic carbocycles. The number of rotatable bonds is 5. The van der Waals surface area contributed by atoms with Gasteiger partial charge in [-0.25, -0.2) is 24.4 Å². The molecular formula is C31H32N8O3. The first-order chi connectivity index (χ1) is 20.1. The minimum atomic E-state index is -0.525. The van der Waals surface area contributed by atoms with E-state index in [4.69, 9.17) is 14.5 Å². The zero-order valence-electron chi connectivity index (χ0n) is 24.3. The predicted molar refractivity (Wildman–Crippen MR) is 161 cm³/mol. The van der Waals surface area contributed by atoms with Gasteiger partial charge in [0.2, 0.25) is 0 Å². The van der Waals surface area contributed by atoms with E-state index < -0.39 is 5.60 Å². The lowest BCUT2D eigenvalue weighted by molar-refractivity contribution is 0.0270. The first kappa shape index (κ1) is 27.1. The Morgan fingerprint density at radius 2 is 1.88 bits per heavy atom. The quantitative estimate of drug-likeness (QED) is 0.267. The number of ether oxygens (including phenoxy) is 2. The van der Waals surface area contributed by atoms with Crippen LogP contribution in [0.5, 0.6) is 11.5 Å². The van der Waals surface area contributed by atoms with Crippen LogP contribution in [0, 0.1) is 6.92 Å². The van der Waals surface area contributed by atoms with E-state index in [1.807, 2.05) is 89.3 Å². The molecule has 5 aromatic rings. The molecule has 0 unspecified atom stereocenters. The van der Waals surface area contributed by atoms with Crippen molar-refractivity contribution >= 4 is 45.2 Å². The lowest BCUT2D eigenvalue weighted by atomic mass is 10.0. The van der Waals surface area contributed by atoms with E-state index in [0.29, 0.717) is 36.6 Å². The summed E-state index contributed by atoms with van der Waals surface area (Å²) in [5, 5.41) is 11.6. The minimum absolute atomic E-state index is 0.303. The molecule has 1 amide bonds. The summed E-state index contributed by atoms with van der Waals surface area (Å²) in [7, 11) is 1.86. The van der Waals surface area contributed by atoms with Crippen LogP contribution in [-0.2, 0) is 11.8 Å². The van der Waals surface area contributed by atoms with Crippen LogP contribution in [0.15, 0.2) is 60.9 Å². The monoisotopic (exact) mass is 564 g/mol. The number of benzene rings is 2. The zero-order chi connectivity index (χ0) is 29.4.